The molecule has 0 spiro atoms. The van der Waals surface area contributed by atoms with Crippen molar-refractivity contribution in [3.63, 3.8) is 0 Å². The third-order valence-corrected chi connectivity index (χ3v) is 3.19. The van der Waals surface area contributed by atoms with Gasteiger partial charge in [-0.2, -0.15) is 0 Å². The largest absolute Gasteiger partial charge is 0.399 e. The van der Waals surface area contributed by atoms with E-state index >= 15 is 0 Å². The summed E-state index contributed by atoms with van der Waals surface area (Å²) in [5.41, 5.74) is 6.77. The third kappa shape index (κ3) is 2.71. The first-order valence-corrected chi connectivity index (χ1v) is 6.20. The molecular formula is C13H8BrClFNO. The highest BCUT2D eigenvalue weighted by Gasteiger charge is 2.12. The van der Waals surface area contributed by atoms with E-state index in [0.29, 0.717) is 21.8 Å². The molecule has 2 rings (SSSR count). The molecule has 92 valence electrons. The van der Waals surface area contributed by atoms with E-state index in [-0.39, 0.29) is 10.3 Å². The predicted molar refractivity (Wildman–Crippen MR) is 73.4 cm³/mol. The van der Waals surface area contributed by atoms with Crippen LogP contribution in [0.4, 0.5) is 10.1 Å². The van der Waals surface area contributed by atoms with Gasteiger partial charge in [-0.25, -0.2) is 4.39 Å². The Morgan fingerprint density at radius 3 is 2.50 bits per heavy atom. The molecule has 2 aromatic carbocycles. The van der Waals surface area contributed by atoms with Crippen LogP contribution in [0.5, 0.6) is 0 Å². The van der Waals surface area contributed by atoms with Gasteiger partial charge in [0, 0.05) is 21.8 Å². The SMILES string of the molecule is Nc1cc(Cl)cc(C(=O)c2ccc(F)c(Br)c2)c1. The molecule has 2 N–H and O–H groups in total. The van der Waals surface area contributed by atoms with E-state index < -0.39 is 5.82 Å². The van der Waals surface area contributed by atoms with Crippen LogP contribution in [0.1, 0.15) is 15.9 Å². The van der Waals surface area contributed by atoms with Crippen molar-refractivity contribution in [2.24, 2.45) is 0 Å². The van der Waals surface area contributed by atoms with E-state index in [1.807, 2.05) is 0 Å². The first-order valence-electron chi connectivity index (χ1n) is 5.03. The van der Waals surface area contributed by atoms with Crippen LogP contribution in [-0.2, 0) is 0 Å². The van der Waals surface area contributed by atoms with E-state index in [1.54, 1.807) is 6.07 Å². The van der Waals surface area contributed by atoms with Crippen LogP contribution in [0, 0.1) is 5.82 Å². The van der Waals surface area contributed by atoms with Crippen molar-refractivity contribution in [3.05, 3.63) is 62.8 Å². The Balaban J connectivity index is 2.44. The molecule has 0 aliphatic rings. The third-order valence-electron chi connectivity index (χ3n) is 2.36. The molecule has 0 saturated carbocycles. The maximum atomic E-state index is 13.1. The molecule has 5 heteroatoms. The van der Waals surface area contributed by atoms with Gasteiger partial charge in [0.05, 0.1) is 4.47 Å². The number of ketones is 1. The molecule has 2 aromatic rings. The minimum Gasteiger partial charge on any atom is -0.399 e. The van der Waals surface area contributed by atoms with E-state index in [1.165, 1.54) is 30.3 Å². The van der Waals surface area contributed by atoms with Crippen molar-refractivity contribution in [2.75, 3.05) is 5.73 Å². The molecule has 0 unspecified atom stereocenters. The van der Waals surface area contributed by atoms with E-state index in [9.17, 15) is 9.18 Å². The second kappa shape index (κ2) is 5.08. The standard InChI is InChI=1S/C13H8BrClFNO/c14-11-5-7(1-2-12(11)16)13(18)8-3-9(15)6-10(17)4-8/h1-6H,17H2. The fraction of sp³-hybridized carbons (Fsp3) is 0. The number of halogens is 3. The molecule has 0 radical (unpaired) electrons. The Morgan fingerprint density at radius 2 is 1.89 bits per heavy atom. The molecule has 0 heterocycles. The number of hydrogen-bond acceptors (Lipinski definition) is 2. The second-order valence-corrected chi connectivity index (χ2v) is 5.02. The Labute approximate surface area is 117 Å². The summed E-state index contributed by atoms with van der Waals surface area (Å²) in [6.07, 6.45) is 0. The Kier molecular flexibility index (Phi) is 3.68. The van der Waals surface area contributed by atoms with Crippen molar-refractivity contribution in [2.45, 2.75) is 0 Å². The molecule has 0 fully saturated rings. The number of anilines is 1. The zero-order valence-corrected chi connectivity index (χ0v) is 11.4. The number of benzene rings is 2. The van der Waals surface area contributed by atoms with Crippen LogP contribution in [-0.4, -0.2) is 5.78 Å². The second-order valence-electron chi connectivity index (χ2n) is 3.73. The highest BCUT2D eigenvalue weighted by molar-refractivity contribution is 9.10. The van der Waals surface area contributed by atoms with Gasteiger partial charge in [0.15, 0.2) is 5.78 Å². The lowest BCUT2D eigenvalue weighted by Crippen LogP contribution is -2.02. The van der Waals surface area contributed by atoms with Crippen LogP contribution < -0.4 is 5.73 Å². The summed E-state index contributed by atoms with van der Waals surface area (Å²) in [6, 6.07) is 8.68. The fourth-order valence-corrected chi connectivity index (χ4v) is 2.17. The van der Waals surface area contributed by atoms with Gasteiger partial charge in [0.2, 0.25) is 0 Å². The molecule has 0 saturated heterocycles. The molecule has 0 aliphatic heterocycles. The van der Waals surface area contributed by atoms with Crippen molar-refractivity contribution < 1.29 is 9.18 Å². The smallest absolute Gasteiger partial charge is 0.193 e. The lowest BCUT2D eigenvalue weighted by molar-refractivity contribution is 0.103. The summed E-state index contributed by atoms with van der Waals surface area (Å²) in [6.45, 7) is 0. The Hall–Kier alpha value is -1.39. The van der Waals surface area contributed by atoms with Gasteiger partial charge in [-0.3, -0.25) is 4.79 Å². The van der Waals surface area contributed by atoms with Gasteiger partial charge < -0.3 is 5.73 Å². The highest BCUT2D eigenvalue weighted by Crippen LogP contribution is 2.22. The number of nitrogen functional groups attached to an aromatic ring is 1. The average molecular weight is 329 g/mol. The Morgan fingerprint density at radius 1 is 1.17 bits per heavy atom. The van der Waals surface area contributed by atoms with Crippen molar-refractivity contribution in [1.82, 2.24) is 0 Å². The summed E-state index contributed by atoms with van der Waals surface area (Å²) in [5.74, 6) is -0.679. The normalized spacial score (nSPS) is 10.4. The summed E-state index contributed by atoms with van der Waals surface area (Å²) >= 11 is 8.87. The first kappa shape index (κ1) is 13.1. The summed E-state index contributed by atoms with van der Waals surface area (Å²) in [4.78, 5) is 12.2. The average Bonchev–Trinajstić information content (AvgIpc) is 2.30. The Bertz CT molecular complexity index is 610. The minimum atomic E-state index is -0.419. The molecule has 18 heavy (non-hydrogen) atoms. The zero-order chi connectivity index (χ0) is 13.3. The lowest BCUT2D eigenvalue weighted by Gasteiger charge is -2.04. The minimum absolute atomic E-state index is 0.239. The lowest BCUT2D eigenvalue weighted by atomic mass is 10.0. The van der Waals surface area contributed by atoms with Crippen molar-refractivity contribution in [1.29, 1.82) is 0 Å². The number of hydrogen-bond donors (Lipinski definition) is 1. The maximum Gasteiger partial charge on any atom is 0.193 e. The molecule has 0 amide bonds. The summed E-state index contributed by atoms with van der Waals surface area (Å²) in [5, 5.41) is 0.388. The van der Waals surface area contributed by atoms with Gasteiger partial charge >= 0.3 is 0 Å². The molecule has 0 atom stereocenters. The fourth-order valence-electron chi connectivity index (χ4n) is 1.55. The van der Waals surface area contributed by atoms with Crippen LogP contribution in [0.2, 0.25) is 5.02 Å². The van der Waals surface area contributed by atoms with Crippen LogP contribution in [0.25, 0.3) is 0 Å². The van der Waals surface area contributed by atoms with Crippen LogP contribution in [0.15, 0.2) is 40.9 Å². The topological polar surface area (TPSA) is 43.1 Å². The van der Waals surface area contributed by atoms with Gasteiger partial charge in [-0.15, -0.1) is 0 Å². The number of carbonyl (C=O) groups is 1. The molecular weight excluding hydrogens is 321 g/mol. The first-order chi connectivity index (χ1) is 8.47. The van der Waals surface area contributed by atoms with E-state index in [2.05, 4.69) is 15.9 Å². The van der Waals surface area contributed by atoms with Crippen molar-refractivity contribution in [3.8, 4) is 0 Å². The molecule has 0 aromatic heterocycles. The number of rotatable bonds is 2. The number of carbonyl (C=O) groups excluding carboxylic acids is 1. The molecule has 0 aliphatic carbocycles. The van der Waals surface area contributed by atoms with Crippen LogP contribution in [0.3, 0.4) is 0 Å². The number of nitrogens with two attached hydrogens (primary N) is 1. The van der Waals surface area contributed by atoms with Gasteiger partial charge in [-0.05, 0) is 52.3 Å². The van der Waals surface area contributed by atoms with Gasteiger partial charge in [0.1, 0.15) is 5.82 Å². The van der Waals surface area contributed by atoms with E-state index in [4.69, 9.17) is 17.3 Å². The quantitative estimate of drug-likeness (QED) is 0.667. The van der Waals surface area contributed by atoms with Crippen LogP contribution >= 0.6 is 27.5 Å². The van der Waals surface area contributed by atoms with Crippen molar-refractivity contribution >= 4 is 39.0 Å². The predicted octanol–water partition coefficient (Wildman–Crippen LogP) is 4.05. The van der Waals surface area contributed by atoms with Gasteiger partial charge in [0.25, 0.3) is 0 Å². The molecule has 2 nitrogen and oxygen atoms in total. The highest BCUT2D eigenvalue weighted by atomic mass is 79.9. The zero-order valence-electron chi connectivity index (χ0n) is 9.08. The molecule has 0 bridgehead atoms. The summed E-state index contributed by atoms with van der Waals surface area (Å²) in [7, 11) is 0. The van der Waals surface area contributed by atoms with Gasteiger partial charge in [-0.1, -0.05) is 11.6 Å². The van der Waals surface area contributed by atoms with E-state index in [0.717, 1.165) is 0 Å². The summed E-state index contributed by atoms with van der Waals surface area (Å²) < 4.78 is 13.3. The maximum absolute atomic E-state index is 13.1. The monoisotopic (exact) mass is 327 g/mol.